The molecule has 0 amide bonds. The van der Waals surface area contributed by atoms with Gasteiger partial charge in [-0.2, -0.15) is 0 Å². The van der Waals surface area contributed by atoms with E-state index in [-0.39, 0.29) is 0 Å². The summed E-state index contributed by atoms with van der Waals surface area (Å²) < 4.78 is 5.59. The Balaban J connectivity index is 2.42. The van der Waals surface area contributed by atoms with Crippen molar-refractivity contribution in [1.82, 2.24) is 0 Å². The first-order chi connectivity index (χ1) is 6.92. The zero-order chi connectivity index (χ0) is 9.80. The Labute approximate surface area is 83.3 Å². The van der Waals surface area contributed by atoms with E-state index in [0.29, 0.717) is 0 Å². The molecule has 3 heteroatoms. The second-order valence-corrected chi connectivity index (χ2v) is 3.17. The zero-order valence-electron chi connectivity index (χ0n) is 8.19. The van der Waals surface area contributed by atoms with Gasteiger partial charge in [-0.15, -0.1) is 0 Å². The van der Waals surface area contributed by atoms with Crippen molar-refractivity contribution in [3.05, 3.63) is 29.8 Å². The molecule has 1 heterocycles. The molecule has 1 aliphatic heterocycles. The van der Waals surface area contributed by atoms with Gasteiger partial charge in [0.2, 0.25) is 0 Å². The predicted molar refractivity (Wildman–Crippen MR) is 54.7 cm³/mol. The van der Waals surface area contributed by atoms with Crippen LogP contribution in [0, 0.1) is 0 Å². The van der Waals surface area contributed by atoms with Crippen LogP contribution in [0.25, 0.3) is 0 Å². The molecule has 3 nitrogen and oxygen atoms in total. The van der Waals surface area contributed by atoms with Gasteiger partial charge in [-0.3, -0.25) is 0 Å². The second kappa shape index (κ2) is 4.13. The van der Waals surface area contributed by atoms with E-state index in [9.17, 15) is 0 Å². The lowest BCUT2D eigenvalue weighted by Gasteiger charge is -2.06. The number of oxime groups is 1. The summed E-state index contributed by atoms with van der Waals surface area (Å²) in [5.74, 6) is 0.904. The minimum absolute atomic E-state index is 0.750. The minimum Gasteiger partial charge on any atom is -0.493 e. The van der Waals surface area contributed by atoms with Crippen LogP contribution in [-0.2, 0) is 4.84 Å². The van der Waals surface area contributed by atoms with Crippen molar-refractivity contribution in [3.63, 3.8) is 0 Å². The summed E-state index contributed by atoms with van der Waals surface area (Å²) in [6.45, 7) is 0.750. The van der Waals surface area contributed by atoms with Crippen LogP contribution in [0.3, 0.4) is 0 Å². The zero-order valence-corrected chi connectivity index (χ0v) is 8.19. The van der Waals surface area contributed by atoms with Gasteiger partial charge in [-0.05, 0) is 25.0 Å². The maximum atomic E-state index is 5.59. The van der Waals surface area contributed by atoms with Crippen LogP contribution in [0.1, 0.15) is 18.4 Å². The molecule has 2 rings (SSSR count). The Morgan fingerprint density at radius 3 is 3.07 bits per heavy atom. The molecule has 0 fully saturated rings. The fraction of sp³-hybridized carbons (Fsp3) is 0.364. The first-order valence-electron chi connectivity index (χ1n) is 4.74. The van der Waals surface area contributed by atoms with E-state index in [4.69, 9.17) is 9.57 Å². The van der Waals surface area contributed by atoms with Crippen LogP contribution < -0.4 is 4.74 Å². The smallest absolute Gasteiger partial charge is 0.128 e. The standard InChI is InChI=1S/C11H13NO2/c1-13-12-10-6-4-8-14-11-7-3-2-5-9(10)11/h2-3,5,7H,4,6,8H2,1H3. The molecule has 0 saturated carbocycles. The van der Waals surface area contributed by atoms with Gasteiger partial charge in [0, 0.05) is 5.56 Å². The van der Waals surface area contributed by atoms with E-state index in [2.05, 4.69) is 5.16 Å². The molecule has 1 aromatic carbocycles. The molecule has 0 saturated heterocycles. The van der Waals surface area contributed by atoms with Crippen LogP contribution in [0.15, 0.2) is 29.4 Å². The summed E-state index contributed by atoms with van der Waals surface area (Å²) in [6, 6.07) is 7.93. The Morgan fingerprint density at radius 2 is 2.21 bits per heavy atom. The van der Waals surface area contributed by atoms with Crippen LogP contribution in [0.5, 0.6) is 5.75 Å². The molecular formula is C11H13NO2. The third kappa shape index (κ3) is 1.71. The highest BCUT2D eigenvalue weighted by atomic mass is 16.6. The van der Waals surface area contributed by atoms with E-state index in [1.54, 1.807) is 7.11 Å². The molecule has 74 valence electrons. The summed E-state index contributed by atoms with van der Waals surface area (Å²) in [4.78, 5) is 4.83. The molecule has 0 spiro atoms. The summed E-state index contributed by atoms with van der Waals surface area (Å²) in [5, 5.41) is 4.02. The highest BCUT2D eigenvalue weighted by molar-refractivity contribution is 6.02. The maximum Gasteiger partial charge on any atom is 0.128 e. The van der Waals surface area contributed by atoms with Crippen molar-refractivity contribution in [3.8, 4) is 5.75 Å². The van der Waals surface area contributed by atoms with Crippen LogP contribution in [0.4, 0.5) is 0 Å². The third-order valence-corrected chi connectivity index (χ3v) is 2.21. The SMILES string of the molecule is CON=C1CCCOc2ccccc21. The van der Waals surface area contributed by atoms with E-state index >= 15 is 0 Å². The van der Waals surface area contributed by atoms with Crippen molar-refractivity contribution < 1.29 is 9.57 Å². The van der Waals surface area contributed by atoms with Crippen molar-refractivity contribution >= 4 is 5.71 Å². The van der Waals surface area contributed by atoms with Gasteiger partial charge >= 0.3 is 0 Å². The lowest BCUT2D eigenvalue weighted by atomic mass is 10.1. The summed E-state index contributed by atoms with van der Waals surface area (Å²) in [7, 11) is 1.57. The predicted octanol–water partition coefficient (Wildman–Crippen LogP) is 2.21. The highest BCUT2D eigenvalue weighted by Crippen LogP contribution is 2.23. The van der Waals surface area contributed by atoms with Crippen molar-refractivity contribution in [2.24, 2.45) is 5.16 Å². The average molecular weight is 191 g/mol. The van der Waals surface area contributed by atoms with Crippen molar-refractivity contribution in [2.75, 3.05) is 13.7 Å². The number of hydrogen-bond donors (Lipinski definition) is 0. The third-order valence-electron chi connectivity index (χ3n) is 2.21. The van der Waals surface area contributed by atoms with Gasteiger partial charge in [-0.25, -0.2) is 0 Å². The molecule has 0 atom stereocenters. The first-order valence-corrected chi connectivity index (χ1v) is 4.74. The fourth-order valence-corrected chi connectivity index (χ4v) is 1.59. The fourth-order valence-electron chi connectivity index (χ4n) is 1.59. The van der Waals surface area contributed by atoms with Crippen molar-refractivity contribution in [2.45, 2.75) is 12.8 Å². The topological polar surface area (TPSA) is 30.8 Å². The van der Waals surface area contributed by atoms with Crippen LogP contribution in [0.2, 0.25) is 0 Å². The minimum atomic E-state index is 0.750. The lowest BCUT2D eigenvalue weighted by Crippen LogP contribution is -1.99. The Morgan fingerprint density at radius 1 is 1.36 bits per heavy atom. The molecule has 1 aromatic rings. The first kappa shape index (κ1) is 9.06. The number of ether oxygens (including phenoxy) is 1. The van der Waals surface area contributed by atoms with Gasteiger partial charge in [0.05, 0.1) is 12.3 Å². The van der Waals surface area contributed by atoms with Gasteiger partial charge in [0.15, 0.2) is 0 Å². The molecule has 1 aliphatic rings. The number of para-hydroxylation sites is 1. The number of benzene rings is 1. The van der Waals surface area contributed by atoms with E-state index in [1.807, 2.05) is 24.3 Å². The summed E-state index contributed by atoms with van der Waals surface area (Å²) >= 11 is 0. The van der Waals surface area contributed by atoms with Gasteiger partial charge in [-0.1, -0.05) is 17.3 Å². The number of nitrogens with zero attached hydrogens (tertiary/aromatic N) is 1. The monoisotopic (exact) mass is 191 g/mol. The van der Waals surface area contributed by atoms with Gasteiger partial charge in [0.25, 0.3) is 0 Å². The maximum absolute atomic E-state index is 5.59. The quantitative estimate of drug-likeness (QED) is 0.637. The molecule has 14 heavy (non-hydrogen) atoms. The molecule has 0 aromatic heterocycles. The lowest BCUT2D eigenvalue weighted by molar-refractivity contribution is 0.213. The molecule has 0 unspecified atom stereocenters. The molecule has 0 aliphatic carbocycles. The van der Waals surface area contributed by atoms with E-state index in [0.717, 1.165) is 36.5 Å². The Hall–Kier alpha value is -1.51. The molecule has 0 radical (unpaired) electrons. The largest absolute Gasteiger partial charge is 0.493 e. The van der Waals surface area contributed by atoms with E-state index in [1.165, 1.54) is 0 Å². The number of fused-ring (bicyclic) bond motifs is 1. The molecule has 0 N–H and O–H groups in total. The second-order valence-electron chi connectivity index (χ2n) is 3.17. The Bertz CT molecular complexity index is 347. The van der Waals surface area contributed by atoms with Gasteiger partial charge < -0.3 is 9.57 Å². The normalized spacial score (nSPS) is 18.2. The molecule has 0 bridgehead atoms. The number of rotatable bonds is 1. The summed E-state index contributed by atoms with van der Waals surface area (Å²) in [6.07, 6.45) is 1.89. The van der Waals surface area contributed by atoms with Crippen LogP contribution >= 0.6 is 0 Å². The number of hydrogen-bond acceptors (Lipinski definition) is 3. The molecular weight excluding hydrogens is 178 g/mol. The van der Waals surface area contributed by atoms with E-state index < -0.39 is 0 Å². The highest BCUT2D eigenvalue weighted by Gasteiger charge is 2.14. The average Bonchev–Trinajstić information content (AvgIpc) is 2.42. The summed E-state index contributed by atoms with van der Waals surface area (Å²) in [5.41, 5.74) is 2.02. The van der Waals surface area contributed by atoms with Crippen LogP contribution in [-0.4, -0.2) is 19.4 Å². The van der Waals surface area contributed by atoms with Gasteiger partial charge in [0.1, 0.15) is 12.9 Å². The Kier molecular flexibility index (Phi) is 2.68. The van der Waals surface area contributed by atoms with Crippen molar-refractivity contribution in [1.29, 1.82) is 0 Å².